The van der Waals surface area contributed by atoms with Gasteiger partial charge in [0.2, 0.25) is 5.82 Å². The van der Waals surface area contributed by atoms with Crippen LogP contribution in [0.1, 0.15) is 91.5 Å². The Hall–Kier alpha value is -3.38. The van der Waals surface area contributed by atoms with Gasteiger partial charge >= 0.3 is 0 Å². The van der Waals surface area contributed by atoms with Crippen molar-refractivity contribution in [3.05, 3.63) is 105 Å². The highest BCUT2D eigenvalue weighted by Crippen LogP contribution is 2.53. The second-order valence-electron chi connectivity index (χ2n) is 14.4. The number of carbonyl (C=O) groups excluding carboxylic acids is 1. The van der Waals surface area contributed by atoms with E-state index in [0.29, 0.717) is 18.0 Å². The Balaban J connectivity index is 1.17. The number of hydrogen-bond donors (Lipinski definition) is 2. The van der Waals surface area contributed by atoms with Crippen LogP contribution in [0.4, 0.5) is 22.0 Å². The Morgan fingerprint density at radius 2 is 1.45 bits per heavy atom. The number of hydrogen-bond acceptors (Lipinski definition) is 5. The summed E-state index contributed by atoms with van der Waals surface area (Å²) >= 11 is 0. The maximum absolute atomic E-state index is 14.1. The average molecular weight is 659 g/mol. The fraction of sp³-hybridized carbons (Fsp3) is 0.472. The van der Waals surface area contributed by atoms with Crippen LogP contribution >= 0.6 is 0 Å². The molecule has 0 spiro atoms. The Morgan fingerprint density at radius 1 is 0.851 bits per heavy atom. The zero-order chi connectivity index (χ0) is 33.7. The van der Waals surface area contributed by atoms with E-state index in [1.807, 2.05) is 24.3 Å². The van der Waals surface area contributed by atoms with E-state index in [1.165, 1.54) is 12.8 Å². The first-order chi connectivity index (χ1) is 22.3. The van der Waals surface area contributed by atoms with Gasteiger partial charge in [0, 0.05) is 37.7 Å². The van der Waals surface area contributed by atoms with E-state index in [2.05, 4.69) is 31.0 Å². The Morgan fingerprint density at radius 3 is 2.09 bits per heavy atom. The van der Waals surface area contributed by atoms with Gasteiger partial charge in [0.05, 0.1) is 18.8 Å². The first-order valence-corrected chi connectivity index (χ1v) is 15.9. The van der Waals surface area contributed by atoms with E-state index < -0.39 is 46.8 Å². The van der Waals surface area contributed by atoms with Crippen LogP contribution in [0.15, 0.2) is 48.5 Å². The summed E-state index contributed by atoms with van der Waals surface area (Å²) in [7, 11) is 0. The SMILES string of the molecule is CC1(C)CC2CC(C)(CN2C[C@@H]2C[C@H](c3ccc(CO)cc3)O[C@H](c3ccc(CNC(=O)c4c(F)c(F)c(F)c(F)c4F)cc3)O2)C1. The molecule has 0 aromatic heterocycles. The minimum absolute atomic E-state index is 0.0556. The molecule has 3 aromatic rings. The maximum Gasteiger partial charge on any atom is 0.257 e. The molecule has 2 unspecified atom stereocenters. The minimum Gasteiger partial charge on any atom is -0.392 e. The van der Waals surface area contributed by atoms with Crippen molar-refractivity contribution in [3.8, 4) is 0 Å². The normalized spacial score (nSPS) is 27.2. The molecule has 47 heavy (non-hydrogen) atoms. The molecule has 1 aliphatic carbocycles. The van der Waals surface area contributed by atoms with E-state index in [4.69, 9.17) is 9.47 Å². The Labute approximate surface area is 270 Å². The van der Waals surface area contributed by atoms with Crippen LogP contribution in [0.3, 0.4) is 0 Å². The first kappa shape index (κ1) is 33.5. The molecule has 2 heterocycles. The second-order valence-corrected chi connectivity index (χ2v) is 14.4. The molecular formula is C36H39F5N2O4. The van der Waals surface area contributed by atoms with Crippen LogP contribution in [0.25, 0.3) is 0 Å². The number of carbonyl (C=O) groups is 1. The molecule has 1 saturated carbocycles. The largest absolute Gasteiger partial charge is 0.392 e. The van der Waals surface area contributed by atoms with Gasteiger partial charge in [-0.3, -0.25) is 9.69 Å². The lowest BCUT2D eigenvalue weighted by Gasteiger charge is -2.41. The van der Waals surface area contributed by atoms with Gasteiger partial charge in [0.1, 0.15) is 5.56 Å². The number of nitrogens with one attached hydrogen (secondary N) is 1. The lowest BCUT2D eigenvalue weighted by atomic mass is 9.65. The lowest BCUT2D eigenvalue weighted by Crippen LogP contribution is -2.42. The van der Waals surface area contributed by atoms with Crippen LogP contribution in [0.5, 0.6) is 0 Å². The molecule has 3 aromatic carbocycles. The van der Waals surface area contributed by atoms with Gasteiger partial charge in [-0.2, -0.15) is 0 Å². The maximum atomic E-state index is 14.1. The number of fused-ring (bicyclic) bond motifs is 2. The third-order valence-corrected chi connectivity index (χ3v) is 9.72. The van der Waals surface area contributed by atoms with Crippen molar-refractivity contribution >= 4 is 5.91 Å². The number of benzene rings is 3. The predicted octanol–water partition coefficient (Wildman–Crippen LogP) is 7.25. The molecule has 5 atom stereocenters. The van der Waals surface area contributed by atoms with Crippen LogP contribution in [-0.4, -0.2) is 41.1 Å². The van der Waals surface area contributed by atoms with E-state index in [1.54, 1.807) is 24.3 Å². The molecule has 11 heteroatoms. The second kappa shape index (κ2) is 12.9. The Bertz CT molecular complexity index is 1600. The van der Waals surface area contributed by atoms with Gasteiger partial charge < -0.3 is 19.9 Å². The third kappa shape index (κ3) is 6.95. The van der Waals surface area contributed by atoms with E-state index in [-0.39, 0.29) is 36.2 Å². The average Bonchev–Trinajstić information content (AvgIpc) is 3.28. The van der Waals surface area contributed by atoms with Crippen molar-refractivity contribution in [3.63, 3.8) is 0 Å². The summed E-state index contributed by atoms with van der Waals surface area (Å²) in [5.41, 5.74) is 2.05. The minimum atomic E-state index is -2.33. The monoisotopic (exact) mass is 658 g/mol. The fourth-order valence-corrected chi connectivity index (χ4v) is 7.95. The van der Waals surface area contributed by atoms with Crippen molar-refractivity contribution in [2.45, 2.75) is 84.1 Å². The van der Waals surface area contributed by atoms with E-state index in [9.17, 15) is 31.9 Å². The smallest absolute Gasteiger partial charge is 0.257 e. The van der Waals surface area contributed by atoms with Crippen LogP contribution < -0.4 is 5.32 Å². The number of aliphatic hydroxyl groups is 1. The molecular weight excluding hydrogens is 619 g/mol. The van der Waals surface area contributed by atoms with Crippen molar-refractivity contribution in [2.75, 3.05) is 13.1 Å². The van der Waals surface area contributed by atoms with Crippen molar-refractivity contribution in [1.82, 2.24) is 10.2 Å². The zero-order valence-electron chi connectivity index (χ0n) is 26.6. The van der Waals surface area contributed by atoms with Gasteiger partial charge in [-0.25, -0.2) is 22.0 Å². The highest BCUT2D eigenvalue weighted by molar-refractivity contribution is 5.94. The number of rotatable bonds is 8. The molecule has 2 N–H and O–H groups in total. The number of ether oxygens (including phenoxy) is 2. The molecule has 0 radical (unpaired) electrons. The molecule has 6 rings (SSSR count). The number of aliphatic hydroxyl groups excluding tert-OH is 1. The van der Waals surface area contributed by atoms with Crippen molar-refractivity contribution in [2.24, 2.45) is 10.8 Å². The van der Waals surface area contributed by atoms with Gasteiger partial charge in [0.15, 0.2) is 29.6 Å². The quantitative estimate of drug-likeness (QED) is 0.152. The summed E-state index contributed by atoms with van der Waals surface area (Å²) in [6, 6.07) is 15.0. The summed E-state index contributed by atoms with van der Waals surface area (Å²) in [6.45, 7) is 8.59. The van der Waals surface area contributed by atoms with E-state index in [0.717, 1.165) is 36.2 Å². The molecule has 252 valence electrons. The molecule has 3 aliphatic rings. The molecule has 2 aliphatic heterocycles. The summed E-state index contributed by atoms with van der Waals surface area (Å²) < 4.78 is 81.7. The third-order valence-electron chi connectivity index (χ3n) is 9.72. The van der Waals surface area contributed by atoms with E-state index >= 15 is 0 Å². The topological polar surface area (TPSA) is 71.0 Å². The number of amides is 1. The van der Waals surface area contributed by atoms with Gasteiger partial charge in [-0.05, 0) is 46.8 Å². The number of likely N-dealkylation sites (tertiary alicyclic amines) is 1. The Kier molecular flexibility index (Phi) is 9.21. The highest BCUT2D eigenvalue weighted by atomic mass is 19.2. The van der Waals surface area contributed by atoms with Crippen LogP contribution in [-0.2, 0) is 22.6 Å². The molecule has 2 bridgehead atoms. The molecule has 3 fully saturated rings. The summed E-state index contributed by atoms with van der Waals surface area (Å²) in [5, 5.41) is 11.7. The first-order valence-electron chi connectivity index (χ1n) is 15.9. The predicted molar refractivity (Wildman–Crippen MR) is 163 cm³/mol. The van der Waals surface area contributed by atoms with Crippen molar-refractivity contribution in [1.29, 1.82) is 0 Å². The molecule has 6 nitrogen and oxygen atoms in total. The summed E-state index contributed by atoms with van der Waals surface area (Å²) in [4.78, 5) is 15.0. The summed E-state index contributed by atoms with van der Waals surface area (Å²) in [6.07, 6.45) is 3.07. The number of nitrogens with zero attached hydrogens (tertiary/aromatic N) is 1. The molecule has 1 amide bonds. The zero-order valence-corrected chi connectivity index (χ0v) is 26.6. The molecule has 2 saturated heterocycles. The van der Waals surface area contributed by atoms with Gasteiger partial charge in [-0.1, -0.05) is 69.3 Å². The van der Waals surface area contributed by atoms with Crippen LogP contribution in [0.2, 0.25) is 0 Å². The van der Waals surface area contributed by atoms with Gasteiger partial charge in [0.25, 0.3) is 5.91 Å². The lowest BCUT2D eigenvalue weighted by molar-refractivity contribution is -0.253. The fourth-order valence-electron chi connectivity index (χ4n) is 7.95. The highest BCUT2D eigenvalue weighted by Gasteiger charge is 2.50. The van der Waals surface area contributed by atoms with Crippen molar-refractivity contribution < 1.29 is 41.3 Å². The van der Waals surface area contributed by atoms with Gasteiger partial charge in [-0.15, -0.1) is 0 Å². The summed E-state index contributed by atoms with van der Waals surface area (Å²) in [5.74, 6) is -12.5. The standard InChI is InChI=1S/C36H39F5N2O4/c1-35(2)13-24-14-36(3,18-35)19-43(24)16-25-12-26(22-8-6-21(17-44)7-9-22)47-34(46-25)23-10-4-20(5-11-23)15-42-33(45)27-28(37)30(39)32(41)31(40)29(27)38/h4-11,24-26,34,44H,12-19H2,1-3H3,(H,42,45)/t24?,25-,26+,34+,36?/m0/s1. The number of halogens is 5. The van der Waals surface area contributed by atoms with Crippen LogP contribution in [0, 0.1) is 39.9 Å².